The lowest BCUT2D eigenvalue weighted by atomic mass is 10.2. The van der Waals surface area contributed by atoms with Gasteiger partial charge in [-0.2, -0.15) is 0 Å². The molecule has 0 saturated carbocycles. The third-order valence-corrected chi connectivity index (χ3v) is 5.97. The minimum atomic E-state index is -3.00. The Morgan fingerprint density at radius 2 is 2.15 bits per heavy atom. The topological polar surface area (TPSA) is 107 Å². The summed E-state index contributed by atoms with van der Waals surface area (Å²) in [4.78, 5) is 24.5. The van der Waals surface area contributed by atoms with Crippen molar-refractivity contribution in [2.75, 3.05) is 37.2 Å². The minimum absolute atomic E-state index is 0.0293. The zero-order chi connectivity index (χ0) is 15.3. The van der Waals surface area contributed by atoms with Gasteiger partial charge >= 0.3 is 5.97 Å². The molecule has 1 saturated heterocycles. The van der Waals surface area contributed by atoms with Gasteiger partial charge in [0, 0.05) is 18.8 Å². The van der Waals surface area contributed by atoms with Crippen LogP contribution in [0.3, 0.4) is 0 Å². The van der Waals surface area contributed by atoms with Crippen LogP contribution in [0.15, 0.2) is 0 Å². The molecule has 1 amide bonds. The molecule has 0 aliphatic carbocycles. The first-order chi connectivity index (χ1) is 9.26. The molecule has 0 radical (unpaired) electrons. The first-order valence-corrected chi connectivity index (χ1v) is 9.11. The van der Waals surface area contributed by atoms with E-state index < -0.39 is 21.8 Å². The summed E-state index contributed by atoms with van der Waals surface area (Å²) in [6.07, 6.45) is 0.483. The predicted molar refractivity (Wildman–Crippen MR) is 77.1 cm³/mol. The van der Waals surface area contributed by atoms with Crippen molar-refractivity contribution in [3.8, 4) is 0 Å². The maximum Gasteiger partial charge on any atom is 0.323 e. The van der Waals surface area contributed by atoms with Crippen LogP contribution in [0.25, 0.3) is 0 Å². The summed E-state index contributed by atoms with van der Waals surface area (Å²) >= 11 is 1.23. The molecular weight excluding hydrogens is 304 g/mol. The van der Waals surface area contributed by atoms with E-state index in [4.69, 9.17) is 5.73 Å². The Balaban J connectivity index is 2.34. The maximum absolute atomic E-state index is 11.9. The molecule has 0 aromatic heterocycles. The molecule has 1 fully saturated rings. The lowest BCUT2D eigenvalue weighted by Crippen LogP contribution is -2.39. The summed E-state index contributed by atoms with van der Waals surface area (Å²) in [5, 5.41) is 0. The quantitative estimate of drug-likeness (QED) is 0.616. The van der Waals surface area contributed by atoms with Gasteiger partial charge < -0.3 is 15.4 Å². The summed E-state index contributed by atoms with van der Waals surface area (Å²) in [6.45, 7) is 0. The number of rotatable bonds is 6. The number of ether oxygens (including phenoxy) is 1. The zero-order valence-corrected chi connectivity index (χ0v) is 13.2. The zero-order valence-electron chi connectivity index (χ0n) is 11.6. The van der Waals surface area contributed by atoms with E-state index in [-0.39, 0.29) is 35.0 Å². The van der Waals surface area contributed by atoms with Crippen LogP contribution in [0.5, 0.6) is 0 Å². The SMILES string of the molecule is COC(=O)C(N)CSCC(=O)N(C)C1CCS(=O)(=O)C1. The standard InChI is InChI=1S/C11H20N2O5S2/c1-13(8-3-4-20(16,17)7-8)10(14)6-19-5-9(12)11(15)18-2/h8-9H,3-7,12H2,1-2H3. The molecule has 9 heteroatoms. The van der Waals surface area contributed by atoms with Gasteiger partial charge in [0.15, 0.2) is 9.84 Å². The summed E-state index contributed by atoms with van der Waals surface area (Å²) in [6, 6.07) is -1.00. The first kappa shape index (κ1) is 17.3. The number of carbonyl (C=O) groups excluding carboxylic acids is 2. The van der Waals surface area contributed by atoms with E-state index in [0.29, 0.717) is 6.42 Å². The van der Waals surface area contributed by atoms with Crippen molar-refractivity contribution >= 4 is 33.5 Å². The minimum Gasteiger partial charge on any atom is -0.468 e. The van der Waals surface area contributed by atoms with Crippen molar-refractivity contribution in [2.45, 2.75) is 18.5 Å². The molecule has 1 heterocycles. The van der Waals surface area contributed by atoms with E-state index in [0.717, 1.165) is 0 Å². The van der Waals surface area contributed by atoms with E-state index in [1.165, 1.54) is 23.8 Å². The van der Waals surface area contributed by atoms with E-state index in [2.05, 4.69) is 4.74 Å². The highest BCUT2D eigenvalue weighted by atomic mass is 32.2. The van der Waals surface area contributed by atoms with Gasteiger partial charge in [-0.3, -0.25) is 9.59 Å². The molecule has 0 bridgehead atoms. The fourth-order valence-electron chi connectivity index (χ4n) is 1.88. The number of methoxy groups -OCH3 is 1. The van der Waals surface area contributed by atoms with Crippen molar-refractivity contribution in [1.82, 2.24) is 4.90 Å². The Hall–Kier alpha value is -0.800. The van der Waals surface area contributed by atoms with Gasteiger partial charge in [0.2, 0.25) is 5.91 Å². The van der Waals surface area contributed by atoms with Crippen molar-refractivity contribution in [2.24, 2.45) is 5.73 Å². The van der Waals surface area contributed by atoms with E-state index >= 15 is 0 Å². The highest BCUT2D eigenvalue weighted by molar-refractivity contribution is 8.00. The van der Waals surface area contributed by atoms with Crippen molar-refractivity contribution < 1.29 is 22.7 Å². The van der Waals surface area contributed by atoms with E-state index in [1.54, 1.807) is 7.05 Å². The van der Waals surface area contributed by atoms with Gasteiger partial charge in [0.05, 0.1) is 24.4 Å². The Morgan fingerprint density at radius 1 is 1.50 bits per heavy atom. The molecule has 2 N–H and O–H groups in total. The molecule has 0 aromatic rings. The molecule has 1 aliphatic rings. The number of nitrogens with zero attached hydrogens (tertiary/aromatic N) is 1. The van der Waals surface area contributed by atoms with Crippen LogP contribution in [0.2, 0.25) is 0 Å². The van der Waals surface area contributed by atoms with Gasteiger partial charge in [0.1, 0.15) is 6.04 Å². The number of hydrogen-bond acceptors (Lipinski definition) is 7. The second-order valence-electron chi connectivity index (χ2n) is 4.71. The highest BCUT2D eigenvalue weighted by Gasteiger charge is 2.32. The van der Waals surface area contributed by atoms with Crippen LogP contribution in [0.4, 0.5) is 0 Å². The van der Waals surface area contributed by atoms with Crippen molar-refractivity contribution in [3.05, 3.63) is 0 Å². The normalized spacial score (nSPS) is 22.2. The molecule has 20 heavy (non-hydrogen) atoms. The molecule has 7 nitrogen and oxygen atoms in total. The van der Waals surface area contributed by atoms with Crippen LogP contribution >= 0.6 is 11.8 Å². The first-order valence-electron chi connectivity index (χ1n) is 6.14. The number of esters is 1. The smallest absolute Gasteiger partial charge is 0.323 e. The molecule has 0 spiro atoms. The van der Waals surface area contributed by atoms with Gasteiger partial charge in [0.25, 0.3) is 0 Å². The third-order valence-electron chi connectivity index (χ3n) is 3.18. The largest absolute Gasteiger partial charge is 0.468 e. The second-order valence-corrected chi connectivity index (χ2v) is 7.97. The van der Waals surface area contributed by atoms with Crippen LogP contribution in [-0.4, -0.2) is 74.4 Å². The Kier molecular flexibility index (Phi) is 6.28. The Labute approximate surface area is 123 Å². The molecule has 2 unspecified atom stereocenters. The molecule has 1 aliphatic heterocycles. The number of nitrogens with two attached hydrogens (primary N) is 1. The number of amides is 1. The van der Waals surface area contributed by atoms with Crippen LogP contribution in [0, 0.1) is 0 Å². The second kappa shape index (κ2) is 7.28. The molecule has 2 atom stereocenters. The van der Waals surface area contributed by atoms with E-state index in [1.807, 2.05) is 0 Å². The van der Waals surface area contributed by atoms with Gasteiger partial charge in [-0.05, 0) is 6.42 Å². The fraction of sp³-hybridized carbons (Fsp3) is 0.818. The van der Waals surface area contributed by atoms with Crippen LogP contribution in [-0.2, 0) is 24.2 Å². The van der Waals surface area contributed by atoms with Gasteiger partial charge in [-0.1, -0.05) is 0 Å². The van der Waals surface area contributed by atoms with Gasteiger partial charge in [-0.15, -0.1) is 11.8 Å². The molecule has 1 rings (SSSR count). The number of thioether (sulfide) groups is 1. The Morgan fingerprint density at radius 3 is 2.65 bits per heavy atom. The van der Waals surface area contributed by atoms with Gasteiger partial charge in [-0.25, -0.2) is 8.42 Å². The molecule has 116 valence electrons. The summed E-state index contributed by atoms with van der Waals surface area (Å²) < 4.78 is 27.2. The average molecular weight is 324 g/mol. The van der Waals surface area contributed by atoms with Crippen molar-refractivity contribution in [1.29, 1.82) is 0 Å². The number of hydrogen-bond donors (Lipinski definition) is 1. The molecular formula is C11H20N2O5S2. The van der Waals surface area contributed by atoms with Crippen molar-refractivity contribution in [3.63, 3.8) is 0 Å². The third kappa shape index (κ3) is 4.95. The Bertz CT molecular complexity index is 465. The fourth-order valence-corrected chi connectivity index (χ4v) is 4.54. The van der Waals surface area contributed by atoms with E-state index in [9.17, 15) is 18.0 Å². The lowest BCUT2D eigenvalue weighted by molar-refractivity contribution is -0.141. The predicted octanol–water partition coefficient (Wildman–Crippen LogP) is -1.13. The average Bonchev–Trinajstić information content (AvgIpc) is 2.76. The summed E-state index contributed by atoms with van der Waals surface area (Å²) in [7, 11) is -0.142. The number of sulfone groups is 1. The summed E-state index contributed by atoms with van der Waals surface area (Å²) in [5.74, 6) is -0.0566. The number of carbonyl (C=O) groups is 2. The van der Waals surface area contributed by atoms with Crippen LogP contribution < -0.4 is 5.73 Å². The lowest BCUT2D eigenvalue weighted by Gasteiger charge is -2.23. The molecule has 0 aromatic carbocycles. The highest BCUT2D eigenvalue weighted by Crippen LogP contribution is 2.17. The summed E-state index contributed by atoms with van der Waals surface area (Å²) in [5.41, 5.74) is 5.55. The van der Waals surface area contributed by atoms with Crippen LogP contribution in [0.1, 0.15) is 6.42 Å². The monoisotopic (exact) mass is 324 g/mol. The maximum atomic E-state index is 11.9.